The Balaban J connectivity index is 1.22. The quantitative estimate of drug-likeness (QED) is 0.154. The zero-order valence-electron chi connectivity index (χ0n) is 30.7. The van der Waals surface area contributed by atoms with Gasteiger partial charge in [-0.1, -0.05) is 172 Å². The lowest BCUT2D eigenvalue weighted by atomic mass is 9.65. The molecule has 6 aromatic carbocycles. The molecule has 0 atom stereocenters. The van der Waals surface area contributed by atoms with Crippen molar-refractivity contribution in [2.45, 2.75) is 50.9 Å². The predicted molar refractivity (Wildman–Crippen MR) is 224 cm³/mol. The number of rotatable bonds is 8. The molecule has 0 aliphatic heterocycles. The first-order valence-electron chi connectivity index (χ1n) is 19.2. The van der Waals surface area contributed by atoms with Crippen molar-refractivity contribution in [2.24, 2.45) is 0 Å². The number of benzene rings is 6. The smallest absolute Gasteiger partial charge is 0.0676 e. The van der Waals surface area contributed by atoms with Gasteiger partial charge in [-0.2, -0.15) is 0 Å². The highest BCUT2D eigenvalue weighted by molar-refractivity contribution is 5.92. The number of anilines is 1. The van der Waals surface area contributed by atoms with E-state index in [0.29, 0.717) is 5.92 Å². The molecule has 1 nitrogen and oxygen atoms in total. The maximum Gasteiger partial charge on any atom is 0.0676 e. The topological polar surface area (TPSA) is 3.24 Å². The minimum Gasteiger partial charge on any atom is -0.318 e. The molecule has 0 spiro atoms. The van der Waals surface area contributed by atoms with Crippen LogP contribution in [-0.4, -0.2) is 0 Å². The lowest BCUT2D eigenvalue weighted by Gasteiger charge is -2.38. The molecular weight excluding hydrogens is 639 g/mol. The van der Waals surface area contributed by atoms with E-state index in [0.717, 1.165) is 25.7 Å². The van der Waals surface area contributed by atoms with E-state index < -0.39 is 0 Å². The fourth-order valence-corrected chi connectivity index (χ4v) is 9.23. The highest BCUT2D eigenvalue weighted by Gasteiger charge is 2.48. The van der Waals surface area contributed by atoms with Crippen molar-refractivity contribution in [1.29, 1.82) is 0 Å². The molecular formula is C52H45N. The second-order valence-corrected chi connectivity index (χ2v) is 14.9. The zero-order chi connectivity index (χ0) is 35.8. The monoisotopic (exact) mass is 683 g/mol. The van der Waals surface area contributed by atoms with Crippen LogP contribution in [0.3, 0.4) is 0 Å². The molecule has 0 aromatic heterocycles. The van der Waals surface area contributed by atoms with Gasteiger partial charge in [-0.25, -0.2) is 0 Å². The summed E-state index contributed by atoms with van der Waals surface area (Å²) in [6.07, 6.45) is 11.2. The van der Waals surface area contributed by atoms with E-state index in [-0.39, 0.29) is 5.41 Å². The van der Waals surface area contributed by atoms with Crippen LogP contribution in [0.4, 0.5) is 5.69 Å². The average Bonchev–Trinajstić information content (AvgIpc) is 3.53. The highest BCUT2D eigenvalue weighted by Crippen LogP contribution is 2.58. The van der Waals surface area contributed by atoms with Gasteiger partial charge in [0.15, 0.2) is 0 Å². The molecule has 258 valence electrons. The molecule has 6 aromatic rings. The van der Waals surface area contributed by atoms with Crippen molar-refractivity contribution >= 4 is 16.8 Å². The summed E-state index contributed by atoms with van der Waals surface area (Å²) in [5.74, 6) is 0.484. The first-order chi connectivity index (χ1) is 26.1. The first-order valence-corrected chi connectivity index (χ1v) is 19.2. The highest BCUT2D eigenvalue weighted by atomic mass is 15.2. The SMILES string of the molecule is CC(C)c1ccccc1C1=CC=C(N(C2=CC3=C(CC2)C(c2ccccc2)(c2ccccc2)c2ccccc23)c2cccc(-c3ccccc3)c2)CC1. The summed E-state index contributed by atoms with van der Waals surface area (Å²) in [4.78, 5) is 2.59. The number of nitrogens with zero attached hydrogens (tertiary/aromatic N) is 1. The van der Waals surface area contributed by atoms with Crippen LogP contribution in [0.25, 0.3) is 22.3 Å². The summed E-state index contributed by atoms with van der Waals surface area (Å²) in [5, 5.41) is 0. The van der Waals surface area contributed by atoms with E-state index >= 15 is 0 Å². The van der Waals surface area contributed by atoms with Crippen LogP contribution >= 0.6 is 0 Å². The van der Waals surface area contributed by atoms with Gasteiger partial charge >= 0.3 is 0 Å². The molecule has 0 heterocycles. The Labute approximate surface area is 315 Å². The minimum atomic E-state index is -0.333. The summed E-state index contributed by atoms with van der Waals surface area (Å²) in [7, 11) is 0. The average molecular weight is 684 g/mol. The summed E-state index contributed by atoms with van der Waals surface area (Å²) in [6, 6.07) is 60.4. The third kappa shape index (κ3) is 5.72. The second kappa shape index (κ2) is 13.9. The summed E-state index contributed by atoms with van der Waals surface area (Å²) >= 11 is 0. The van der Waals surface area contributed by atoms with E-state index in [9.17, 15) is 0 Å². The molecule has 53 heavy (non-hydrogen) atoms. The van der Waals surface area contributed by atoms with E-state index in [1.165, 1.54) is 78.3 Å². The lowest BCUT2D eigenvalue weighted by molar-refractivity contribution is 0.683. The number of allylic oxidation sites excluding steroid dienone is 8. The van der Waals surface area contributed by atoms with Gasteiger partial charge in [-0.05, 0) is 117 Å². The van der Waals surface area contributed by atoms with Crippen molar-refractivity contribution in [2.75, 3.05) is 4.90 Å². The Morgan fingerprint density at radius 1 is 0.509 bits per heavy atom. The number of hydrogen-bond donors (Lipinski definition) is 0. The second-order valence-electron chi connectivity index (χ2n) is 14.9. The fraction of sp³-hybridized carbons (Fsp3) is 0.154. The van der Waals surface area contributed by atoms with Crippen molar-refractivity contribution < 1.29 is 0 Å². The Morgan fingerprint density at radius 2 is 1.11 bits per heavy atom. The number of fused-ring (bicyclic) bond motifs is 2. The van der Waals surface area contributed by atoms with Gasteiger partial charge in [-0.15, -0.1) is 0 Å². The molecule has 0 bridgehead atoms. The van der Waals surface area contributed by atoms with Crippen molar-refractivity contribution in [3.8, 4) is 11.1 Å². The third-order valence-corrected chi connectivity index (χ3v) is 11.6. The predicted octanol–water partition coefficient (Wildman–Crippen LogP) is 13.5. The van der Waals surface area contributed by atoms with Crippen molar-refractivity contribution in [1.82, 2.24) is 0 Å². The Morgan fingerprint density at radius 3 is 1.79 bits per heavy atom. The minimum absolute atomic E-state index is 0.333. The van der Waals surface area contributed by atoms with Crippen molar-refractivity contribution in [3.63, 3.8) is 0 Å². The van der Waals surface area contributed by atoms with Crippen LogP contribution in [0.1, 0.15) is 78.8 Å². The van der Waals surface area contributed by atoms with Crippen LogP contribution in [0, 0.1) is 0 Å². The Hall–Kier alpha value is -5.92. The molecule has 0 radical (unpaired) electrons. The van der Waals surface area contributed by atoms with Gasteiger partial charge in [0, 0.05) is 17.1 Å². The molecule has 0 fully saturated rings. The van der Waals surface area contributed by atoms with Gasteiger partial charge in [0.1, 0.15) is 0 Å². The molecule has 3 aliphatic rings. The molecule has 0 saturated carbocycles. The number of hydrogen-bond acceptors (Lipinski definition) is 1. The molecule has 9 rings (SSSR count). The standard InChI is InChI=1S/C52H45N/c1-37(2)46-25-12-13-26-47(46)39-29-31-43(32-30-39)53(44-24-16-19-40(35-44)38-17-6-3-7-18-38)45-33-34-51-49(36-45)48-27-14-15-28-50(48)52(51,41-20-8-4-9-21-41)42-22-10-5-11-23-42/h3-29,31,35-37H,30,32-34H2,1-2H3. The van der Waals surface area contributed by atoms with Crippen LogP contribution in [-0.2, 0) is 5.41 Å². The largest absolute Gasteiger partial charge is 0.318 e. The molecule has 0 amide bonds. The summed E-state index contributed by atoms with van der Waals surface area (Å²) in [6.45, 7) is 4.60. The first kappa shape index (κ1) is 33.0. The molecule has 0 saturated heterocycles. The Kier molecular flexibility index (Phi) is 8.64. The van der Waals surface area contributed by atoms with Gasteiger partial charge in [0.05, 0.1) is 5.41 Å². The van der Waals surface area contributed by atoms with Gasteiger partial charge in [0.25, 0.3) is 0 Å². The van der Waals surface area contributed by atoms with E-state index in [1.54, 1.807) is 0 Å². The van der Waals surface area contributed by atoms with Crippen LogP contribution in [0.15, 0.2) is 199 Å². The van der Waals surface area contributed by atoms with Crippen LogP contribution < -0.4 is 4.90 Å². The molecule has 0 unspecified atom stereocenters. The Bertz CT molecular complexity index is 2370. The molecule has 0 N–H and O–H groups in total. The maximum absolute atomic E-state index is 2.59. The normalized spacial score (nSPS) is 16.0. The van der Waals surface area contributed by atoms with Crippen molar-refractivity contribution in [3.05, 3.63) is 232 Å². The third-order valence-electron chi connectivity index (χ3n) is 11.6. The molecule has 3 aliphatic carbocycles. The van der Waals surface area contributed by atoms with E-state index in [4.69, 9.17) is 0 Å². The van der Waals surface area contributed by atoms with Gasteiger partial charge < -0.3 is 4.90 Å². The summed E-state index contributed by atoms with van der Waals surface area (Å²) in [5.41, 5.74) is 18.6. The van der Waals surface area contributed by atoms with Crippen LogP contribution in [0.2, 0.25) is 0 Å². The summed E-state index contributed by atoms with van der Waals surface area (Å²) < 4.78 is 0. The van der Waals surface area contributed by atoms with Gasteiger partial charge in [-0.3, -0.25) is 0 Å². The zero-order valence-corrected chi connectivity index (χ0v) is 30.7. The molecule has 1 heteroatoms. The lowest BCUT2D eigenvalue weighted by Crippen LogP contribution is -2.31. The van der Waals surface area contributed by atoms with E-state index in [1.807, 2.05) is 0 Å². The van der Waals surface area contributed by atoms with Crippen LogP contribution in [0.5, 0.6) is 0 Å². The fourth-order valence-electron chi connectivity index (χ4n) is 9.23. The van der Waals surface area contributed by atoms with E-state index in [2.05, 4.69) is 201 Å². The maximum atomic E-state index is 2.59. The van der Waals surface area contributed by atoms with Gasteiger partial charge in [0.2, 0.25) is 0 Å².